The molecule has 0 aliphatic rings. The van der Waals surface area contributed by atoms with Crippen LogP contribution < -0.4 is 5.56 Å². The minimum absolute atomic E-state index is 0.0238. The Balaban J connectivity index is 2.32. The van der Waals surface area contributed by atoms with Gasteiger partial charge in [-0.25, -0.2) is 4.39 Å². The van der Waals surface area contributed by atoms with Gasteiger partial charge < -0.3 is 18.7 Å². The van der Waals surface area contributed by atoms with Crippen molar-refractivity contribution in [1.82, 2.24) is 9.13 Å². The molecule has 24 heavy (non-hydrogen) atoms. The number of hydrogen-bond acceptors (Lipinski definition) is 3. The fourth-order valence-electron chi connectivity index (χ4n) is 2.70. The number of methoxy groups -OCH3 is 1. The third-order valence-corrected chi connectivity index (χ3v) is 4.07. The lowest BCUT2D eigenvalue weighted by Crippen LogP contribution is -2.20. The van der Waals surface area contributed by atoms with Gasteiger partial charge in [0.1, 0.15) is 18.8 Å². The number of benzene rings is 1. The van der Waals surface area contributed by atoms with E-state index >= 15 is 0 Å². The van der Waals surface area contributed by atoms with E-state index in [1.165, 1.54) is 16.7 Å². The summed E-state index contributed by atoms with van der Waals surface area (Å²) in [4.78, 5) is 23.5. The van der Waals surface area contributed by atoms with Crippen molar-refractivity contribution >= 4 is 28.8 Å². The minimum Gasteiger partial charge on any atom is -0.364 e. The van der Waals surface area contributed by atoms with Gasteiger partial charge >= 0.3 is 0 Å². The van der Waals surface area contributed by atoms with Crippen molar-refractivity contribution < 1.29 is 13.9 Å². The molecule has 1 aromatic carbocycles. The summed E-state index contributed by atoms with van der Waals surface area (Å²) in [5, 5.41) is 0.406. The van der Waals surface area contributed by atoms with E-state index in [1.807, 2.05) is 0 Å². The van der Waals surface area contributed by atoms with Crippen molar-refractivity contribution in [3.05, 3.63) is 57.9 Å². The molecule has 0 spiro atoms. The second-order valence-electron chi connectivity index (χ2n) is 5.26. The molecule has 0 fully saturated rings. The molecule has 5 nitrogen and oxygen atoms in total. The molecule has 0 radical (unpaired) electrons. The van der Waals surface area contributed by atoms with Crippen molar-refractivity contribution in [2.45, 2.75) is 13.3 Å². The molecule has 0 bridgehead atoms. The van der Waals surface area contributed by atoms with Crippen LogP contribution in [0.3, 0.4) is 0 Å². The largest absolute Gasteiger partial charge is 0.364 e. The van der Waals surface area contributed by atoms with E-state index in [1.54, 1.807) is 36.2 Å². The predicted octanol–water partition coefficient (Wildman–Crippen LogP) is 3.07. The highest BCUT2D eigenvalue weighted by Gasteiger charge is 2.16. The van der Waals surface area contributed by atoms with E-state index in [0.29, 0.717) is 28.3 Å². The van der Waals surface area contributed by atoms with Crippen LogP contribution in [0.4, 0.5) is 4.39 Å². The highest BCUT2D eigenvalue weighted by Crippen LogP contribution is 2.31. The average molecular weight is 349 g/mol. The molecule has 0 aliphatic carbocycles. The van der Waals surface area contributed by atoms with Crippen molar-refractivity contribution in [3.63, 3.8) is 0 Å². The normalized spacial score (nSPS) is 11.1. The molecule has 0 unspecified atom stereocenters. The lowest BCUT2D eigenvalue weighted by molar-refractivity contribution is -0.108. The van der Waals surface area contributed by atoms with Crippen molar-refractivity contribution in [3.8, 4) is 11.1 Å². The van der Waals surface area contributed by atoms with Crippen LogP contribution in [0.5, 0.6) is 0 Å². The van der Waals surface area contributed by atoms with Gasteiger partial charge in [0, 0.05) is 25.1 Å². The summed E-state index contributed by atoms with van der Waals surface area (Å²) in [6.45, 7) is 0.219. The molecular formula is C17H14ClFN2O3. The lowest BCUT2D eigenvalue weighted by atomic mass is 10.1. The summed E-state index contributed by atoms with van der Waals surface area (Å²) in [7, 11) is 1.55. The van der Waals surface area contributed by atoms with Crippen molar-refractivity contribution in [2.75, 3.05) is 7.11 Å². The number of carbonyl (C=O) groups is 1. The highest BCUT2D eigenvalue weighted by atomic mass is 35.5. The molecule has 7 heteroatoms. The molecule has 0 saturated carbocycles. The summed E-state index contributed by atoms with van der Waals surface area (Å²) in [5.41, 5.74) is 1.58. The van der Waals surface area contributed by atoms with E-state index in [9.17, 15) is 14.0 Å². The van der Waals surface area contributed by atoms with Crippen LogP contribution >= 0.6 is 11.6 Å². The smallest absolute Gasteiger partial charge is 0.261 e. The SMILES string of the molecule is COCn1cc(-c2ccc(F)c(Cl)c2)c2c(=O)n(CC=O)ccc21. The molecule has 2 heterocycles. The molecule has 0 N–H and O–H groups in total. The maximum absolute atomic E-state index is 13.4. The Bertz CT molecular complexity index is 978. The molecule has 124 valence electrons. The molecule has 2 aromatic heterocycles. The highest BCUT2D eigenvalue weighted by molar-refractivity contribution is 6.31. The average Bonchev–Trinajstić information content (AvgIpc) is 2.93. The zero-order valence-corrected chi connectivity index (χ0v) is 13.6. The summed E-state index contributed by atoms with van der Waals surface area (Å²) < 4.78 is 21.7. The number of aromatic nitrogens is 2. The number of hydrogen-bond donors (Lipinski definition) is 0. The van der Waals surface area contributed by atoms with Gasteiger partial charge in [0.15, 0.2) is 0 Å². The first-order valence-electron chi connectivity index (χ1n) is 7.17. The number of rotatable bonds is 5. The third-order valence-electron chi connectivity index (χ3n) is 3.78. The number of ether oxygens (including phenoxy) is 1. The van der Waals surface area contributed by atoms with E-state index < -0.39 is 5.82 Å². The molecule has 0 amide bonds. The van der Waals surface area contributed by atoms with E-state index in [-0.39, 0.29) is 23.9 Å². The van der Waals surface area contributed by atoms with Crippen LogP contribution in [0.1, 0.15) is 0 Å². The zero-order valence-electron chi connectivity index (χ0n) is 12.8. The fourth-order valence-corrected chi connectivity index (χ4v) is 2.88. The number of aldehydes is 1. The summed E-state index contributed by atoms with van der Waals surface area (Å²) in [6, 6.07) is 6.03. The zero-order chi connectivity index (χ0) is 17.3. The second kappa shape index (κ2) is 6.59. The van der Waals surface area contributed by atoms with Crippen molar-refractivity contribution in [2.24, 2.45) is 0 Å². The van der Waals surface area contributed by atoms with Crippen LogP contribution in [0.15, 0.2) is 41.5 Å². The number of carbonyl (C=O) groups excluding carboxylic acids is 1. The van der Waals surface area contributed by atoms with Gasteiger partial charge in [0.05, 0.1) is 22.5 Å². The van der Waals surface area contributed by atoms with E-state index in [4.69, 9.17) is 16.3 Å². The Morgan fingerprint density at radius 1 is 1.29 bits per heavy atom. The van der Waals surface area contributed by atoms with Gasteiger partial charge in [-0.2, -0.15) is 0 Å². The van der Waals surface area contributed by atoms with Gasteiger partial charge in [0.25, 0.3) is 5.56 Å². The molecule has 3 aromatic rings. The maximum Gasteiger partial charge on any atom is 0.261 e. The lowest BCUT2D eigenvalue weighted by Gasteiger charge is -2.05. The quantitative estimate of drug-likeness (QED) is 0.666. The summed E-state index contributed by atoms with van der Waals surface area (Å²) >= 11 is 5.87. The Morgan fingerprint density at radius 3 is 2.75 bits per heavy atom. The molecule has 0 atom stereocenters. The third kappa shape index (κ3) is 2.74. The molecule has 0 saturated heterocycles. The first kappa shape index (κ1) is 16.4. The first-order valence-corrected chi connectivity index (χ1v) is 7.55. The van der Waals surface area contributed by atoms with Gasteiger partial charge in [-0.05, 0) is 23.8 Å². The van der Waals surface area contributed by atoms with Crippen LogP contribution in [0.2, 0.25) is 5.02 Å². The minimum atomic E-state index is -0.528. The monoisotopic (exact) mass is 348 g/mol. The Morgan fingerprint density at radius 2 is 2.08 bits per heavy atom. The van der Waals surface area contributed by atoms with Gasteiger partial charge in [-0.15, -0.1) is 0 Å². The Labute approximate surface area is 141 Å². The van der Waals surface area contributed by atoms with Crippen LogP contribution in [-0.4, -0.2) is 22.5 Å². The predicted molar refractivity (Wildman–Crippen MR) is 89.7 cm³/mol. The first-order chi connectivity index (χ1) is 11.6. The number of nitrogens with zero attached hydrogens (tertiary/aromatic N) is 2. The number of pyridine rings is 1. The van der Waals surface area contributed by atoms with Crippen molar-refractivity contribution in [1.29, 1.82) is 0 Å². The Kier molecular flexibility index (Phi) is 4.51. The van der Waals surface area contributed by atoms with Gasteiger partial charge in [0.2, 0.25) is 0 Å². The number of halogens is 2. The van der Waals surface area contributed by atoms with E-state index in [0.717, 1.165) is 0 Å². The molecule has 0 aliphatic heterocycles. The van der Waals surface area contributed by atoms with Gasteiger partial charge in [-0.1, -0.05) is 17.7 Å². The van der Waals surface area contributed by atoms with Crippen LogP contribution in [0.25, 0.3) is 22.0 Å². The van der Waals surface area contributed by atoms with Crippen LogP contribution in [-0.2, 0) is 22.8 Å². The van der Waals surface area contributed by atoms with E-state index in [2.05, 4.69) is 0 Å². The maximum atomic E-state index is 13.4. The number of fused-ring (bicyclic) bond motifs is 1. The summed E-state index contributed by atoms with van der Waals surface area (Å²) in [5.74, 6) is -0.528. The van der Waals surface area contributed by atoms with Gasteiger partial charge in [-0.3, -0.25) is 4.79 Å². The Hall–Kier alpha value is -2.44. The summed E-state index contributed by atoms with van der Waals surface area (Å²) in [6.07, 6.45) is 3.98. The standard InChI is InChI=1S/C17H14ClFN2O3/c1-24-10-21-9-12(11-2-3-14(19)13(18)8-11)16-15(21)4-5-20(6-7-22)17(16)23/h2-5,7-9H,6,10H2,1H3. The fraction of sp³-hybridized carbons (Fsp3) is 0.176. The molecule has 3 rings (SSSR count). The second-order valence-corrected chi connectivity index (χ2v) is 5.67. The molecular weight excluding hydrogens is 335 g/mol. The van der Waals surface area contributed by atoms with Crippen LogP contribution in [0, 0.1) is 5.82 Å². The topological polar surface area (TPSA) is 53.2 Å².